The Kier molecular flexibility index (Phi) is 6.76. The first-order valence-corrected chi connectivity index (χ1v) is 10.4. The monoisotopic (exact) mass is 395 g/mol. The molecular formula is C22H25N3O2S. The number of anilines is 2. The molecule has 3 rings (SSSR count). The number of hydrogen-bond donors (Lipinski definition) is 2. The number of amides is 2. The number of nitrogens with one attached hydrogen (secondary N) is 2. The molecular weight excluding hydrogens is 370 g/mol. The Morgan fingerprint density at radius 3 is 2.32 bits per heavy atom. The number of para-hydroxylation sites is 1. The molecule has 5 nitrogen and oxygen atoms in total. The number of rotatable bonds is 8. The van der Waals surface area contributed by atoms with E-state index in [4.69, 9.17) is 0 Å². The van der Waals surface area contributed by atoms with E-state index in [1.54, 1.807) is 35.6 Å². The van der Waals surface area contributed by atoms with Gasteiger partial charge in [-0.15, -0.1) is 11.3 Å². The van der Waals surface area contributed by atoms with Crippen molar-refractivity contribution in [2.24, 2.45) is 5.92 Å². The quantitative estimate of drug-likeness (QED) is 0.512. The predicted octanol–water partition coefficient (Wildman–Crippen LogP) is 5.24. The Bertz CT molecular complexity index is 915. The van der Waals surface area contributed by atoms with Gasteiger partial charge in [-0.1, -0.05) is 26.0 Å². The maximum atomic E-state index is 12.1. The minimum Gasteiger partial charge on any atom is -0.326 e. The van der Waals surface area contributed by atoms with Crippen molar-refractivity contribution in [3.05, 3.63) is 53.5 Å². The van der Waals surface area contributed by atoms with Crippen LogP contribution in [0.25, 0.3) is 10.2 Å². The van der Waals surface area contributed by atoms with E-state index in [0.717, 1.165) is 41.2 Å². The molecule has 1 aromatic heterocycles. The van der Waals surface area contributed by atoms with Crippen LogP contribution in [0.15, 0.2) is 48.5 Å². The van der Waals surface area contributed by atoms with E-state index in [0.29, 0.717) is 6.42 Å². The smallest absolute Gasteiger partial charge is 0.226 e. The van der Waals surface area contributed by atoms with Crippen molar-refractivity contribution in [2.45, 2.75) is 39.5 Å². The van der Waals surface area contributed by atoms with Crippen LogP contribution in [0, 0.1) is 5.92 Å². The number of hydrogen-bond acceptors (Lipinski definition) is 4. The van der Waals surface area contributed by atoms with Crippen molar-refractivity contribution in [3.8, 4) is 0 Å². The molecule has 0 radical (unpaired) electrons. The van der Waals surface area contributed by atoms with Gasteiger partial charge in [0.25, 0.3) is 0 Å². The summed E-state index contributed by atoms with van der Waals surface area (Å²) < 4.78 is 1.21. The van der Waals surface area contributed by atoms with Crippen molar-refractivity contribution < 1.29 is 9.59 Å². The van der Waals surface area contributed by atoms with Gasteiger partial charge in [0.2, 0.25) is 11.8 Å². The lowest BCUT2D eigenvalue weighted by Gasteiger charge is -2.09. The van der Waals surface area contributed by atoms with Gasteiger partial charge >= 0.3 is 0 Å². The standard InChI is InChI=1S/C22H25N3O2S/c1-15(2)22(27)24-17-13-11-16(12-14-17)23-20(26)9-5-6-10-21-25-18-7-3-4-8-19(18)28-21/h3-4,7-8,11-15H,5-6,9-10H2,1-2H3,(H,23,26)(H,24,27). The highest BCUT2D eigenvalue weighted by molar-refractivity contribution is 7.18. The molecule has 0 bridgehead atoms. The number of benzene rings is 2. The predicted molar refractivity (Wildman–Crippen MR) is 116 cm³/mol. The average Bonchev–Trinajstić information content (AvgIpc) is 3.09. The Morgan fingerprint density at radius 1 is 0.964 bits per heavy atom. The summed E-state index contributed by atoms with van der Waals surface area (Å²) in [6.45, 7) is 3.70. The van der Waals surface area contributed by atoms with Gasteiger partial charge in [-0.05, 0) is 55.7 Å². The second-order valence-electron chi connectivity index (χ2n) is 7.05. The van der Waals surface area contributed by atoms with E-state index in [2.05, 4.69) is 21.7 Å². The molecule has 0 aliphatic heterocycles. The maximum Gasteiger partial charge on any atom is 0.226 e. The largest absolute Gasteiger partial charge is 0.326 e. The third kappa shape index (κ3) is 5.63. The summed E-state index contributed by atoms with van der Waals surface area (Å²) in [7, 11) is 0. The summed E-state index contributed by atoms with van der Waals surface area (Å²) in [6.07, 6.45) is 3.14. The number of aromatic nitrogens is 1. The van der Waals surface area contributed by atoms with Crippen LogP contribution in [0.2, 0.25) is 0 Å². The van der Waals surface area contributed by atoms with E-state index in [-0.39, 0.29) is 17.7 Å². The lowest BCUT2D eigenvalue weighted by molar-refractivity contribution is -0.119. The highest BCUT2D eigenvalue weighted by Crippen LogP contribution is 2.23. The van der Waals surface area contributed by atoms with Crippen molar-refractivity contribution in [1.82, 2.24) is 4.98 Å². The van der Waals surface area contributed by atoms with E-state index >= 15 is 0 Å². The van der Waals surface area contributed by atoms with Gasteiger partial charge in [0, 0.05) is 23.7 Å². The molecule has 3 aromatic rings. The summed E-state index contributed by atoms with van der Waals surface area (Å²) >= 11 is 1.72. The Hall–Kier alpha value is -2.73. The zero-order chi connectivity index (χ0) is 19.9. The van der Waals surface area contributed by atoms with Gasteiger partial charge in [-0.3, -0.25) is 9.59 Å². The summed E-state index contributed by atoms with van der Waals surface area (Å²) in [4.78, 5) is 28.4. The molecule has 0 spiro atoms. The maximum absolute atomic E-state index is 12.1. The highest BCUT2D eigenvalue weighted by Gasteiger charge is 2.08. The summed E-state index contributed by atoms with van der Waals surface area (Å²) in [5, 5.41) is 6.86. The molecule has 0 aliphatic rings. The topological polar surface area (TPSA) is 71.1 Å². The molecule has 0 unspecified atom stereocenters. The fraction of sp³-hybridized carbons (Fsp3) is 0.318. The third-order valence-electron chi connectivity index (χ3n) is 4.34. The molecule has 2 aromatic carbocycles. The number of carbonyl (C=O) groups is 2. The molecule has 0 saturated carbocycles. The molecule has 0 atom stereocenters. The van der Waals surface area contributed by atoms with Gasteiger partial charge in [0.1, 0.15) is 0 Å². The first-order chi connectivity index (χ1) is 13.5. The van der Waals surface area contributed by atoms with Crippen molar-refractivity contribution in [2.75, 3.05) is 10.6 Å². The van der Waals surface area contributed by atoms with Crippen molar-refractivity contribution in [1.29, 1.82) is 0 Å². The molecule has 2 amide bonds. The van der Waals surface area contributed by atoms with E-state index < -0.39 is 0 Å². The zero-order valence-corrected chi connectivity index (χ0v) is 17.0. The zero-order valence-electron chi connectivity index (χ0n) is 16.2. The first-order valence-electron chi connectivity index (χ1n) is 9.56. The van der Waals surface area contributed by atoms with Crippen molar-refractivity contribution >= 4 is 44.7 Å². The number of thiazole rings is 1. The molecule has 0 saturated heterocycles. The van der Waals surface area contributed by atoms with Crippen LogP contribution in [0.4, 0.5) is 11.4 Å². The minimum absolute atomic E-state index is 0.00302. The van der Waals surface area contributed by atoms with Crippen LogP contribution < -0.4 is 10.6 Å². The van der Waals surface area contributed by atoms with Crippen LogP contribution in [-0.4, -0.2) is 16.8 Å². The fourth-order valence-corrected chi connectivity index (χ4v) is 3.74. The van der Waals surface area contributed by atoms with Crippen molar-refractivity contribution in [3.63, 3.8) is 0 Å². The summed E-state index contributed by atoms with van der Waals surface area (Å²) in [5.41, 5.74) is 2.51. The second kappa shape index (κ2) is 9.46. The first kappa shape index (κ1) is 20.0. The van der Waals surface area contributed by atoms with Gasteiger partial charge in [0.05, 0.1) is 15.2 Å². The summed E-state index contributed by atoms with van der Waals surface area (Å²) in [5.74, 6) is -0.0877. The molecule has 28 heavy (non-hydrogen) atoms. The molecule has 0 fully saturated rings. The number of fused-ring (bicyclic) bond motifs is 1. The van der Waals surface area contributed by atoms with Crippen LogP contribution in [-0.2, 0) is 16.0 Å². The molecule has 2 N–H and O–H groups in total. The molecule has 146 valence electrons. The van der Waals surface area contributed by atoms with Crippen LogP contribution in [0.1, 0.15) is 38.1 Å². The number of carbonyl (C=O) groups excluding carboxylic acids is 2. The minimum atomic E-state index is -0.0675. The van der Waals surface area contributed by atoms with Crippen LogP contribution >= 0.6 is 11.3 Å². The van der Waals surface area contributed by atoms with Gasteiger partial charge in [-0.2, -0.15) is 0 Å². The number of unbranched alkanes of at least 4 members (excludes halogenated alkanes) is 1. The Balaban J connectivity index is 1.39. The van der Waals surface area contributed by atoms with E-state index in [1.807, 2.05) is 32.0 Å². The van der Waals surface area contributed by atoms with Gasteiger partial charge in [-0.25, -0.2) is 4.98 Å². The highest BCUT2D eigenvalue weighted by atomic mass is 32.1. The Labute approximate surface area is 169 Å². The van der Waals surface area contributed by atoms with E-state index in [9.17, 15) is 9.59 Å². The normalized spacial score (nSPS) is 11.0. The lowest BCUT2D eigenvalue weighted by atomic mass is 10.2. The number of nitrogens with zero attached hydrogens (tertiary/aromatic N) is 1. The van der Waals surface area contributed by atoms with Gasteiger partial charge in [0.15, 0.2) is 0 Å². The lowest BCUT2D eigenvalue weighted by Crippen LogP contribution is -2.17. The third-order valence-corrected chi connectivity index (χ3v) is 5.44. The molecule has 6 heteroatoms. The second-order valence-corrected chi connectivity index (χ2v) is 8.17. The number of aryl methyl sites for hydroxylation is 1. The van der Waals surface area contributed by atoms with E-state index in [1.165, 1.54) is 4.70 Å². The Morgan fingerprint density at radius 2 is 1.64 bits per heavy atom. The van der Waals surface area contributed by atoms with Crippen LogP contribution in [0.3, 0.4) is 0 Å². The fourth-order valence-electron chi connectivity index (χ4n) is 2.74. The van der Waals surface area contributed by atoms with Gasteiger partial charge < -0.3 is 10.6 Å². The molecule has 0 aliphatic carbocycles. The SMILES string of the molecule is CC(C)C(=O)Nc1ccc(NC(=O)CCCCc2nc3ccccc3s2)cc1. The summed E-state index contributed by atoms with van der Waals surface area (Å²) in [6, 6.07) is 15.3. The average molecular weight is 396 g/mol. The molecule has 1 heterocycles. The van der Waals surface area contributed by atoms with Crippen LogP contribution in [0.5, 0.6) is 0 Å².